The second-order valence-electron chi connectivity index (χ2n) is 5.03. The molecule has 0 rings (SSSR count). The Labute approximate surface area is 147 Å². The number of ether oxygens (including phenoxy) is 2. The van der Waals surface area contributed by atoms with Gasteiger partial charge in [0.2, 0.25) is 0 Å². The minimum Gasteiger partial charge on any atom is -0.382 e. The van der Waals surface area contributed by atoms with Crippen molar-refractivity contribution in [2.45, 2.75) is 40.5 Å². The van der Waals surface area contributed by atoms with Crippen LogP contribution in [0.15, 0.2) is 4.99 Å². The van der Waals surface area contributed by atoms with Crippen molar-refractivity contribution in [1.82, 2.24) is 10.6 Å². The van der Waals surface area contributed by atoms with Crippen LogP contribution in [0.3, 0.4) is 0 Å². The first-order chi connectivity index (χ1) is 9.70. The monoisotopic (exact) mass is 415 g/mol. The molecule has 0 spiro atoms. The van der Waals surface area contributed by atoms with Crippen molar-refractivity contribution in [3.8, 4) is 0 Å². The number of guanidine groups is 1. The lowest BCUT2D eigenvalue weighted by molar-refractivity contribution is 0.128. The number of hydrogen-bond acceptors (Lipinski definition) is 3. The molecule has 0 fully saturated rings. The van der Waals surface area contributed by atoms with Crippen LogP contribution in [0.5, 0.6) is 0 Å². The summed E-state index contributed by atoms with van der Waals surface area (Å²) >= 11 is 0. The topological polar surface area (TPSA) is 54.9 Å². The number of nitrogens with one attached hydrogen (secondary N) is 2. The molecule has 21 heavy (non-hydrogen) atoms. The van der Waals surface area contributed by atoms with E-state index < -0.39 is 0 Å². The van der Waals surface area contributed by atoms with E-state index >= 15 is 0 Å². The number of halogens is 1. The van der Waals surface area contributed by atoms with Gasteiger partial charge in [0, 0.05) is 39.5 Å². The second-order valence-corrected chi connectivity index (χ2v) is 5.03. The highest BCUT2D eigenvalue weighted by Gasteiger charge is 1.97. The molecule has 0 aliphatic carbocycles. The van der Waals surface area contributed by atoms with Gasteiger partial charge in [-0.3, -0.25) is 4.99 Å². The van der Waals surface area contributed by atoms with Crippen LogP contribution < -0.4 is 10.6 Å². The summed E-state index contributed by atoms with van der Waals surface area (Å²) < 4.78 is 10.9. The van der Waals surface area contributed by atoms with Gasteiger partial charge in [-0.05, 0) is 32.6 Å². The zero-order chi connectivity index (χ0) is 15.1. The van der Waals surface area contributed by atoms with E-state index in [1.54, 1.807) is 0 Å². The Morgan fingerprint density at radius 1 is 1.05 bits per heavy atom. The van der Waals surface area contributed by atoms with Crippen molar-refractivity contribution in [2.24, 2.45) is 10.9 Å². The standard InChI is InChI=1S/C15H33N3O2.HI/c1-5-16-15(17-9-7-11-19-6-2)18-10-13-20-12-8-14(3)4;/h14H,5-13H2,1-4H3,(H2,16,17,18);1H. The highest BCUT2D eigenvalue weighted by atomic mass is 127. The quantitative estimate of drug-likeness (QED) is 0.223. The van der Waals surface area contributed by atoms with Crippen LogP contribution in [0.2, 0.25) is 0 Å². The van der Waals surface area contributed by atoms with Crippen molar-refractivity contribution in [3.63, 3.8) is 0 Å². The van der Waals surface area contributed by atoms with Crippen LogP contribution in [0.1, 0.15) is 40.5 Å². The van der Waals surface area contributed by atoms with E-state index in [1.807, 2.05) is 6.92 Å². The molecule has 0 aromatic rings. The molecule has 0 bridgehead atoms. The molecule has 0 unspecified atom stereocenters. The summed E-state index contributed by atoms with van der Waals surface area (Å²) in [5.41, 5.74) is 0. The van der Waals surface area contributed by atoms with Gasteiger partial charge < -0.3 is 20.1 Å². The van der Waals surface area contributed by atoms with Crippen molar-refractivity contribution in [1.29, 1.82) is 0 Å². The average Bonchev–Trinajstić information content (AvgIpc) is 2.41. The van der Waals surface area contributed by atoms with E-state index in [-0.39, 0.29) is 24.0 Å². The maximum atomic E-state index is 5.57. The molecule has 0 aliphatic heterocycles. The highest BCUT2D eigenvalue weighted by molar-refractivity contribution is 14.0. The number of aliphatic imine (C=N–C) groups is 1. The molecule has 0 saturated heterocycles. The summed E-state index contributed by atoms with van der Waals surface area (Å²) in [6, 6.07) is 0. The van der Waals surface area contributed by atoms with E-state index in [0.29, 0.717) is 5.92 Å². The fourth-order valence-electron chi connectivity index (χ4n) is 1.51. The third-order valence-corrected chi connectivity index (χ3v) is 2.64. The number of nitrogens with zero attached hydrogens (tertiary/aromatic N) is 1. The molecule has 2 N–H and O–H groups in total. The van der Waals surface area contributed by atoms with Gasteiger partial charge in [-0.25, -0.2) is 0 Å². The van der Waals surface area contributed by atoms with Crippen LogP contribution in [0, 0.1) is 5.92 Å². The van der Waals surface area contributed by atoms with Gasteiger partial charge in [0.1, 0.15) is 0 Å². The van der Waals surface area contributed by atoms with E-state index in [0.717, 1.165) is 64.9 Å². The smallest absolute Gasteiger partial charge is 0.191 e. The van der Waals surface area contributed by atoms with Crippen LogP contribution in [-0.2, 0) is 9.47 Å². The van der Waals surface area contributed by atoms with Gasteiger partial charge in [-0.2, -0.15) is 0 Å². The Morgan fingerprint density at radius 3 is 2.43 bits per heavy atom. The Hall–Kier alpha value is -0.0800. The molecule has 128 valence electrons. The van der Waals surface area contributed by atoms with Crippen molar-refractivity contribution >= 4 is 29.9 Å². The third kappa shape index (κ3) is 17.9. The summed E-state index contributed by atoms with van der Waals surface area (Å²) in [4.78, 5) is 4.49. The van der Waals surface area contributed by atoms with Crippen LogP contribution >= 0.6 is 24.0 Å². The fourth-order valence-corrected chi connectivity index (χ4v) is 1.51. The van der Waals surface area contributed by atoms with Crippen molar-refractivity contribution in [2.75, 3.05) is 46.1 Å². The minimum atomic E-state index is 0. The summed E-state index contributed by atoms with van der Waals surface area (Å²) in [5.74, 6) is 1.56. The third-order valence-electron chi connectivity index (χ3n) is 2.64. The molecule has 0 aromatic carbocycles. The molecule has 0 amide bonds. The number of rotatable bonds is 12. The van der Waals surface area contributed by atoms with Gasteiger partial charge in [-0.1, -0.05) is 13.8 Å². The largest absolute Gasteiger partial charge is 0.382 e. The predicted molar refractivity (Wildman–Crippen MR) is 101 cm³/mol. The van der Waals surface area contributed by atoms with E-state index in [1.165, 1.54) is 0 Å². The van der Waals surface area contributed by atoms with Crippen LogP contribution in [-0.4, -0.2) is 52.0 Å². The fraction of sp³-hybridized carbons (Fsp3) is 0.933. The lowest BCUT2D eigenvalue weighted by Gasteiger charge is -2.12. The van der Waals surface area contributed by atoms with E-state index in [4.69, 9.17) is 9.47 Å². The lowest BCUT2D eigenvalue weighted by atomic mass is 10.1. The SMILES string of the molecule is CCNC(=NCCCOCC)NCCOCCC(C)C.I. The average molecular weight is 415 g/mol. The zero-order valence-electron chi connectivity index (χ0n) is 14.1. The molecule has 0 atom stereocenters. The first-order valence-electron chi connectivity index (χ1n) is 7.88. The normalized spacial score (nSPS) is 11.4. The maximum Gasteiger partial charge on any atom is 0.191 e. The number of hydrogen-bond donors (Lipinski definition) is 2. The summed E-state index contributed by atoms with van der Waals surface area (Å²) in [5, 5.41) is 6.50. The van der Waals surface area contributed by atoms with E-state index in [2.05, 4.69) is 36.4 Å². The van der Waals surface area contributed by atoms with Gasteiger partial charge in [0.25, 0.3) is 0 Å². The van der Waals surface area contributed by atoms with Gasteiger partial charge in [0.05, 0.1) is 6.61 Å². The van der Waals surface area contributed by atoms with Crippen LogP contribution in [0.25, 0.3) is 0 Å². The molecular formula is C15H34IN3O2. The Kier molecular flexibility index (Phi) is 19.8. The highest BCUT2D eigenvalue weighted by Crippen LogP contribution is 1.98. The molecule has 5 nitrogen and oxygen atoms in total. The molecule has 0 saturated carbocycles. The maximum absolute atomic E-state index is 5.57. The van der Waals surface area contributed by atoms with Gasteiger partial charge in [-0.15, -0.1) is 24.0 Å². The Bertz CT molecular complexity index is 239. The Balaban J connectivity index is 0. The minimum absolute atomic E-state index is 0. The molecular weight excluding hydrogens is 381 g/mol. The molecule has 6 heteroatoms. The van der Waals surface area contributed by atoms with Crippen LogP contribution in [0.4, 0.5) is 0 Å². The molecule has 0 radical (unpaired) electrons. The van der Waals surface area contributed by atoms with E-state index in [9.17, 15) is 0 Å². The zero-order valence-corrected chi connectivity index (χ0v) is 16.4. The molecule has 0 heterocycles. The molecule has 0 aliphatic rings. The van der Waals surface area contributed by atoms with Crippen molar-refractivity contribution < 1.29 is 9.47 Å². The van der Waals surface area contributed by atoms with Gasteiger partial charge in [0.15, 0.2) is 5.96 Å². The first kappa shape index (κ1) is 23.2. The lowest BCUT2D eigenvalue weighted by Crippen LogP contribution is -2.39. The summed E-state index contributed by atoms with van der Waals surface area (Å²) in [6.07, 6.45) is 2.07. The Morgan fingerprint density at radius 2 is 1.81 bits per heavy atom. The first-order valence-corrected chi connectivity index (χ1v) is 7.88. The van der Waals surface area contributed by atoms with Gasteiger partial charge >= 0.3 is 0 Å². The predicted octanol–water partition coefficient (Wildman–Crippen LogP) is 2.65. The summed E-state index contributed by atoms with van der Waals surface area (Å²) in [7, 11) is 0. The molecule has 0 aromatic heterocycles. The van der Waals surface area contributed by atoms with Crippen molar-refractivity contribution in [3.05, 3.63) is 0 Å². The second kappa shape index (κ2) is 18.0. The summed E-state index contributed by atoms with van der Waals surface area (Å²) in [6.45, 7) is 14.0.